The van der Waals surface area contributed by atoms with Gasteiger partial charge in [-0.3, -0.25) is 19.7 Å². The second kappa shape index (κ2) is 10.4. The first kappa shape index (κ1) is 23.3. The van der Waals surface area contributed by atoms with Crippen LogP contribution in [0.2, 0.25) is 5.02 Å². The van der Waals surface area contributed by atoms with Crippen LogP contribution < -0.4 is 9.64 Å². The fraction of sp³-hybridized carbons (Fsp3) is 0.200. The molecular formula is C25H22ClN3O5. The third-order valence-corrected chi connectivity index (χ3v) is 5.90. The van der Waals surface area contributed by atoms with Gasteiger partial charge in [0.15, 0.2) is 12.4 Å². The second-order valence-electron chi connectivity index (χ2n) is 7.79. The molecule has 1 aliphatic rings. The molecule has 1 heterocycles. The summed E-state index contributed by atoms with van der Waals surface area (Å²) in [6.45, 7) is 2.24. The highest BCUT2D eigenvalue weighted by atomic mass is 35.5. The molecule has 0 bridgehead atoms. The van der Waals surface area contributed by atoms with E-state index in [2.05, 4.69) is 4.90 Å². The van der Waals surface area contributed by atoms with E-state index in [4.69, 9.17) is 16.3 Å². The van der Waals surface area contributed by atoms with Crippen molar-refractivity contribution < 1.29 is 19.2 Å². The van der Waals surface area contributed by atoms with Crippen LogP contribution in [0.4, 0.5) is 11.4 Å². The summed E-state index contributed by atoms with van der Waals surface area (Å²) in [6.07, 6.45) is 0. The minimum absolute atomic E-state index is 0.0529. The van der Waals surface area contributed by atoms with Gasteiger partial charge in [0.25, 0.3) is 11.6 Å². The number of nitrogens with zero attached hydrogens (tertiary/aromatic N) is 3. The van der Waals surface area contributed by atoms with Gasteiger partial charge in [0.1, 0.15) is 5.75 Å². The van der Waals surface area contributed by atoms with Crippen molar-refractivity contribution in [2.45, 2.75) is 0 Å². The molecule has 4 rings (SSSR count). The summed E-state index contributed by atoms with van der Waals surface area (Å²) >= 11 is 5.87. The predicted octanol–water partition coefficient (Wildman–Crippen LogP) is 4.21. The van der Waals surface area contributed by atoms with E-state index in [0.717, 1.165) is 5.69 Å². The van der Waals surface area contributed by atoms with Gasteiger partial charge < -0.3 is 14.5 Å². The van der Waals surface area contributed by atoms with Gasteiger partial charge in [0.05, 0.1) is 4.92 Å². The van der Waals surface area contributed by atoms with Crippen molar-refractivity contribution in [3.63, 3.8) is 0 Å². The molecule has 8 nitrogen and oxygen atoms in total. The number of benzene rings is 3. The molecule has 3 aromatic carbocycles. The highest BCUT2D eigenvalue weighted by Gasteiger charge is 2.22. The number of carbonyl (C=O) groups excluding carboxylic acids is 2. The lowest BCUT2D eigenvalue weighted by atomic mass is 10.0. The number of non-ortho nitro benzene ring substituents is 1. The topological polar surface area (TPSA) is 93.0 Å². The van der Waals surface area contributed by atoms with Crippen molar-refractivity contribution in [2.75, 3.05) is 37.7 Å². The Kier molecular flexibility index (Phi) is 7.08. The minimum atomic E-state index is -0.425. The maximum Gasteiger partial charge on any atom is 0.269 e. The van der Waals surface area contributed by atoms with Crippen molar-refractivity contribution >= 4 is 34.7 Å². The van der Waals surface area contributed by atoms with Crippen LogP contribution in [0, 0.1) is 10.1 Å². The van der Waals surface area contributed by atoms with Crippen LogP contribution >= 0.6 is 11.6 Å². The average molecular weight is 480 g/mol. The maximum atomic E-state index is 12.6. The average Bonchev–Trinajstić information content (AvgIpc) is 2.88. The van der Waals surface area contributed by atoms with Crippen LogP contribution in [0.25, 0.3) is 0 Å². The van der Waals surface area contributed by atoms with E-state index in [-0.39, 0.29) is 24.0 Å². The quantitative estimate of drug-likeness (QED) is 0.286. The number of hydrogen-bond acceptors (Lipinski definition) is 6. The number of halogens is 1. The van der Waals surface area contributed by atoms with Gasteiger partial charge >= 0.3 is 0 Å². The molecule has 0 aromatic heterocycles. The summed E-state index contributed by atoms with van der Waals surface area (Å²) in [5.74, 6) is 0.264. The number of hydrogen-bond donors (Lipinski definition) is 0. The molecule has 1 aliphatic heterocycles. The van der Waals surface area contributed by atoms with Crippen LogP contribution in [-0.2, 0) is 4.79 Å². The van der Waals surface area contributed by atoms with Gasteiger partial charge in [-0.05, 0) is 60.7 Å². The third-order valence-electron chi connectivity index (χ3n) is 5.64. The van der Waals surface area contributed by atoms with Crippen LogP contribution in [0.15, 0.2) is 72.8 Å². The molecule has 0 aliphatic carbocycles. The number of nitro groups is 1. The third kappa shape index (κ3) is 5.52. The Balaban J connectivity index is 1.26. The summed E-state index contributed by atoms with van der Waals surface area (Å²) in [4.78, 5) is 39.3. The molecule has 3 aromatic rings. The Morgan fingerprint density at radius 1 is 0.853 bits per heavy atom. The standard InChI is InChI=1S/C25H22ClN3O5/c26-20-5-1-18(2-6-20)25(31)19-3-11-23(12-4-19)34-17-24(30)28-15-13-27(14-16-28)21-7-9-22(10-8-21)29(32)33/h1-12H,13-17H2. The predicted molar refractivity (Wildman–Crippen MR) is 129 cm³/mol. The summed E-state index contributed by atoms with van der Waals surface area (Å²) in [5.41, 5.74) is 2.00. The number of ether oxygens (including phenoxy) is 1. The van der Waals surface area contributed by atoms with Crippen molar-refractivity contribution in [1.29, 1.82) is 0 Å². The number of piperazine rings is 1. The number of ketones is 1. The van der Waals surface area contributed by atoms with Crippen LogP contribution in [0.3, 0.4) is 0 Å². The minimum Gasteiger partial charge on any atom is -0.484 e. The molecule has 0 saturated carbocycles. The lowest BCUT2D eigenvalue weighted by molar-refractivity contribution is -0.384. The Morgan fingerprint density at radius 3 is 1.97 bits per heavy atom. The van der Waals surface area contributed by atoms with Crippen molar-refractivity contribution in [3.8, 4) is 5.75 Å². The highest BCUT2D eigenvalue weighted by molar-refractivity contribution is 6.30. The summed E-state index contributed by atoms with van der Waals surface area (Å²) < 4.78 is 5.63. The number of amides is 1. The molecule has 34 heavy (non-hydrogen) atoms. The zero-order chi connectivity index (χ0) is 24.1. The largest absolute Gasteiger partial charge is 0.484 e. The van der Waals surface area contributed by atoms with E-state index < -0.39 is 4.92 Å². The first-order chi connectivity index (χ1) is 16.4. The number of anilines is 1. The Morgan fingerprint density at radius 2 is 1.41 bits per heavy atom. The summed E-state index contributed by atoms with van der Waals surface area (Å²) in [6, 6.07) is 19.8. The smallest absolute Gasteiger partial charge is 0.269 e. The summed E-state index contributed by atoms with van der Waals surface area (Å²) in [5, 5.41) is 11.4. The lowest BCUT2D eigenvalue weighted by Crippen LogP contribution is -2.50. The van der Waals surface area contributed by atoms with Gasteiger partial charge in [-0.25, -0.2) is 0 Å². The Labute approximate surface area is 201 Å². The number of nitro benzene ring substituents is 1. The zero-order valence-corrected chi connectivity index (χ0v) is 19.0. The maximum absolute atomic E-state index is 12.6. The van der Waals surface area contributed by atoms with Crippen molar-refractivity contribution in [3.05, 3.63) is 99.1 Å². The normalized spacial score (nSPS) is 13.4. The van der Waals surface area contributed by atoms with Gasteiger partial charge in [0, 0.05) is 60.1 Å². The van der Waals surface area contributed by atoms with Crippen LogP contribution in [0.5, 0.6) is 5.75 Å². The van der Waals surface area contributed by atoms with Crippen LogP contribution in [0.1, 0.15) is 15.9 Å². The Hall–Kier alpha value is -3.91. The molecule has 0 spiro atoms. The second-order valence-corrected chi connectivity index (χ2v) is 8.23. The van der Waals surface area contributed by atoms with Gasteiger partial charge in [-0.15, -0.1) is 0 Å². The molecule has 174 valence electrons. The molecular weight excluding hydrogens is 458 g/mol. The van der Waals surface area contributed by atoms with E-state index in [9.17, 15) is 19.7 Å². The van der Waals surface area contributed by atoms with E-state index in [1.807, 2.05) is 0 Å². The fourth-order valence-electron chi connectivity index (χ4n) is 3.71. The van der Waals surface area contributed by atoms with Gasteiger partial charge in [-0.1, -0.05) is 11.6 Å². The highest BCUT2D eigenvalue weighted by Crippen LogP contribution is 2.21. The molecule has 9 heteroatoms. The molecule has 1 saturated heterocycles. The molecule has 1 fully saturated rings. The molecule has 1 amide bonds. The van der Waals surface area contributed by atoms with Crippen LogP contribution in [-0.4, -0.2) is 54.3 Å². The first-order valence-electron chi connectivity index (χ1n) is 10.7. The Bertz CT molecular complexity index is 1170. The van der Waals surface area contributed by atoms with E-state index in [1.165, 1.54) is 12.1 Å². The van der Waals surface area contributed by atoms with Crippen molar-refractivity contribution in [2.24, 2.45) is 0 Å². The van der Waals surface area contributed by atoms with Crippen molar-refractivity contribution in [1.82, 2.24) is 4.90 Å². The van der Waals surface area contributed by atoms with E-state index >= 15 is 0 Å². The molecule has 0 radical (unpaired) electrons. The fourth-order valence-corrected chi connectivity index (χ4v) is 3.83. The van der Waals surface area contributed by atoms with Gasteiger partial charge in [-0.2, -0.15) is 0 Å². The molecule has 0 N–H and O–H groups in total. The summed E-state index contributed by atoms with van der Waals surface area (Å²) in [7, 11) is 0. The van der Waals surface area contributed by atoms with Gasteiger partial charge in [0.2, 0.25) is 0 Å². The van der Waals surface area contributed by atoms with E-state index in [0.29, 0.717) is 48.1 Å². The number of carbonyl (C=O) groups is 2. The molecule has 0 atom stereocenters. The lowest BCUT2D eigenvalue weighted by Gasteiger charge is -2.36. The zero-order valence-electron chi connectivity index (χ0n) is 18.2. The SMILES string of the molecule is O=C(c1ccc(Cl)cc1)c1ccc(OCC(=O)N2CCN(c3ccc([N+](=O)[O-])cc3)CC2)cc1. The monoisotopic (exact) mass is 479 g/mol. The van der Waals surface area contributed by atoms with E-state index in [1.54, 1.807) is 65.6 Å². The number of rotatable bonds is 7. The first-order valence-corrected chi connectivity index (χ1v) is 11.1. The molecule has 0 unspecified atom stereocenters.